The van der Waals surface area contributed by atoms with Crippen molar-refractivity contribution in [1.82, 2.24) is 0 Å². The van der Waals surface area contributed by atoms with E-state index in [-0.39, 0.29) is 22.7 Å². The Labute approximate surface area is 312 Å². The van der Waals surface area contributed by atoms with Crippen molar-refractivity contribution < 1.29 is 67.4 Å². The molecule has 1 atom stereocenters. The minimum absolute atomic E-state index is 0.239. The van der Waals surface area contributed by atoms with Crippen molar-refractivity contribution in [2.75, 3.05) is 20.1 Å². The molecule has 2 amide bonds. The van der Waals surface area contributed by atoms with Gasteiger partial charge in [-0.2, -0.15) is 43.2 Å². The van der Waals surface area contributed by atoms with Crippen LogP contribution in [0.1, 0.15) is 48.6 Å². The number of aryl methyl sites for hydroxylation is 5. The zero-order valence-electron chi connectivity index (χ0n) is 29.8. The predicted octanol–water partition coefficient (Wildman–Crippen LogP) is 7.55. The number of anilines is 4. The molecule has 1 unspecified atom stereocenters. The van der Waals surface area contributed by atoms with Crippen LogP contribution in [0.2, 0.25) is 5.02 Å². The summed E-state index contributed by atoms with van der Waals surface area (Å²) in [6.07, 6.45) is -0.852. The van der Waals surface area contributed by atoms with Crippen LogP contribution in [0.15, 0.2) is 42.5 Å². The van der Waals surface area contributed by atoms with Crippen molar-refractivity contribution >= 4 is 72.2 Å². The number of alkyl halides is 6. The van der Waals surface area contributed by atoms with E-state index in [2.05, 4.69) is 10.6 Å². The molecule has 3 aromatic carbocycles. The van der Waals surface area contributed by atoms with Gasteiger partial charge >= 0.3 is 37.0 Å². The van der Waals surface area contributed by atoms with Gasteiger partial charge in [-0.25, -0.2) is 4.79 Å². The van der Waals surface area contributed by atoms with Crippen molar-refractivity contribution in [2.45, 2.75) is 72.5 Å². The van der Waals surface area contributed by atoms with E-state index >= 15 is 0 Å². The van der Waals surface area contributed by atoms with Crippen LogP contribution < -0.4 is 24.8 Å². The first-order valence-electron chi connectivity index (χ1n) is 15.0. The van der Waals surface area contributed by atoms with E-state index in [0.717, 1.165) is 17.7 Å². The zero-order valence-corrected chi connectivity index (χ0v) is 32.2. The van der Waals surface area contributed by atoms with Crippen molar-refractivity contribution in [1.29, 1.82) is 0 Å². The van der Waals surface area contributed by atoms with Gasteiger partial charge in [-0.3, -0.25) is 19.0 Å². The third-order valence-corrected chi connectivity index (χ3v) is 9.08. The summed E-state index contributed by atoms with van der Waals surface area (Å²) in [6, 6.07) is 10.3. The Bertz CT molecular complexity index is 1980. The molecule has 300 valence electrons. The van der Waals surface area contributed by atoms with Crippen LogP contribution in [0, 0.1) is 34.6 Å². The standard InChI is InChI=1S/2C11H13F3N2O3S.C10H11ClO3/c2*1-6-4-7(2)10(5-9(6)15-8(3)17)16-20(18,19)11(12,13)14;1-6-5-8(11)3-4-9(6)14-7(2)10(12)13/h2*4-5,16H,1-3H3,(H,15,17);3-5,7H,1-2H3,(H,12,13). The SMILES string of the molecule is CC(=O)Nc1cc(NS(=O)(=O)C(F)(F)F)c(C)cc1C.CC(=O)Nc1cc(NS(=O)(=O)C(F)(F)F)c(C)cc1C.Cc1cc(Cl)ccc1OC(C)C(=O)O. The summed E-state index contributed by atoms with van der Waals surface area (Å²) in [4.78, 5) is 32.5. The number of hydrogen-bond donors (Lipinski definition) is 5. The molecule has 0 aliphatic rings. The summed E-state index contributed by atoms with van der Waals surface area (Å²) in [5.74, 6) is -1.27. The lowest BCUT2D eigenvalue weighted by Crippen LogP contribution is -2.30. The Balaban J connectivity index is 0.000000412. The highest BCUT2D eigenvalue weighted by Crippen LogP contribution is 2.31. The molecule has 0 aliphatic heterocycles. The number of carbonyl (C=O) groups excluding carboxylic acids is 2. The quantitative estimate of drug-likeness (QED) is 0.135. The highest BCUT2D eigenvalue weighted by atomic mass is 35.5. The van der Waals surface area contributed by atoms with Crippen LogP contribution in [0.4, 0.5) is 49.1 Å². The number of amides is 2. The molecule has 0 spiro atoms. The third kappa shape index (κ3) is 14.2. The molecule has 0 aromatic heterocycles. The van der Waals surface area contributed by atoms with Gasteiger partial charge in [-0.05, 0) is 99.7 Å². The van der Waals surface area contributed by atoms with Gasteiger partial charge in [0.15, 0.2) is 6.10 Å². The van der Waals surface area contributed by atoms with Crippen molar-refractivity contribution in [3.05, 3.63) is 75.3 Å². The maximum atomic E-state index is 12.3. The van der Waals surface area contributed by atoms with Gasteiger partial charge < -0.3 is 20.5 Å². The lowest BCUT2D eigenvalue weighted by molar-refractivity contribution is -0.144. The number of carboxylic acid groups (broad SMARTS) is 1. The summed E-state index contributed by atoms with van der Waals surface area (Å²) < 4.78 is 126. The second-order valence-corrected chi connectivity index (χ2v) is 15.2. The number of carbonyl (C=O) groups is 3. The normalized spacial score (nSPS) is 12.1. The second kappa shape index (κ2) is 18.5. The molecule has 0 bridgehead atoms. The molecule has 3 rings (SSSR count). The average molecular weight is 835 g/mol. The van der Waals surface area contributed by atoms with Crippen molar-refractivity contribution in [2.24, 2.45) is 0 Å². The largest absolute Gasteiger partial charge is 0.516 e. The van der Waals surface area contributed by atoms with Gasteiger partial charge in [-0.1, -0.05) is 23.7 Å². The Morgan fingerprint density at radius 3 is 1.30 bits per heavy atom. The molecule has 3 aromatic rings. The number of nitrogens with one attached hydrogen (secondary N) is 4. The highest BCUT2D eigenvalue weighted by molar-refractivity contribution is 7.93. The lowest BCUT2D eigenvalue weighted by atomic mass is 10.1. The smallest absolute Gasteiger partial charge is 0.479 e. The first kappa shape index (κ1) is 47.3. The number of hydrogen-bond acceptors (Lipinski definition) is 8. The predicted molar refractivity (Wildman–Crippen MR) is 192 cm³/mol. The Morgan fingerprint density at radius 1 is 0.648 bits per heavy atom. The van der Waals surface area contributed by atoms with Crippen LogP contribution in [0.5, 0.6) is 5.75 Å². The Kier molecular flexibility index (Phi) is 16.2. The summed E-state index contributed by atoms with van der Waals surface area (Å²) in [7, 11) is -11.0. The van der Waals surface area contributed by atoms with Gasteiger partial charge in [0.05, 0.1) is 11.4 Å². The molecule has 0 aliphatic carbocycles. The molecule has 13 nitrogen and oxygen atoms in total. The number of carboxylic acids is 1. The van der Waals surface area contributed by atoms with Crippen LogP contribution in [-0.4, -0.2) is 56.8 Å². The van der Waals surface area contributed by atoms with Crippen LogP contribution in [-0.2, 0) is 34.4 Å². The van der Waals surface area contributed by atoms with E-state index in [0.29, 0.717) is 33.0 Å². The van der Waals surface area contributed by atoms with E-state index < -0.39 is 55.0 Å². The van der Waals surface area contributed by atoms with Gasteiger partial charge in [0.2, 0.25) is 11.8 Å². The maximum Gasteiger partial charge on any atom is 0.516 e. The number of halogens is 7. The van der Waals surface area contributed by atoms with Crippen LogP contribution >= 0.6 is 11.6 Å². The minimum Gasteiger partial charge on any atom is -0.479 e. The molecular formula is C32H37ClF6N4O9S2. The summed E-state index contributed by atoms with van der Waals surface area (Å²) >= 11 is 5.74. The average Bonchev–Trinajstić information content (AvgIpc) is 2.98. The van der Waals surface area contributed by atoms with Gasteiger partial charge in [0.25, 0.3) is 0 Å². The van der Waals surface area contributed by atoms with Crippen LogP contribution in [0.25, 0.3) is 0 Å². The van der Waals surface area contributed by atoms with Gasteiger partial charge in [0.1, 0.15) is 5.75 Å². The number of ether oxygens (including phenoxy) is 1. The van der Waals surface area contributed by atoms with E-state index in [1.807, 2.05) is 6.92 Å². The molecule has 0 saturated carbocycles. The number of benzene rings is 3. The lowest BCUT2D eigenvalue weighted by Gasteiger charge is -2.15. The molecule has 0 heterocycles. The summed E-state index contributed by atoms with van der Waals surface area (Å²) in [5.41, 5.74) is -8.16. The number of sulfonamides is 2. The molecule has 22 heteroatoms. The Hall–Kier alpha value is -4.76. The fourth-order valence-corrected chi connectivity index (χ4v) is 5.44. The topological polar surface area (TPSA) is 197 Å². The minimum atomic E-state index is -5.49. The van der Waals surface area contributed by atoms with E-state index in [9.17, 15) is 57.6 Å². The summed E-state index contributed by atoms with van der Waals surface area (Å²) in [5, 5.41) is 14.1. The molecular weight excluding hydrogens is 798 g/mol. The first-order valence-corrected chi connectivity index (χ1v) is 18.3. The fourth-order valence-electron chi connectivity index (χ4n) is 3.96. The van der Waals surface area contributed by atoms with Gasteiger partial charge in [-0.15, -0.1) is 0 Å². The highest BCUT2D eigenvalue weighted by Gasteiger charge is 2.47. The van der Waals surface area contributed by atoms with Gasteiger partial charge in [0, 0.05) is 30.2 Å². The fraction of sp³-hybridized carbons (Fsp3) is 0.344. The molecule has 54 heavy (non-hydrogen) atoms. The van der Waals surface area contributed by atoms with Crippen molar-refractivity contribution in [3.8, 4) is 5.75 Å². The van der Waals surface area contributed by atoms with Crippen molar-refractivity contribution in [3.63, 3.8) is 0 Å². The van der Waals surface area contributed by atoms with E-state index in [1.54, 1.807) is 32.0 Å². The third-order valence-electron chi connectivity index (χ3n) is 6.65. The Morgan fingerprint density at radius 2 is 1.00 bits per heavy atom. The number of aliphatic carboxylic acids is 1. The molecule has 5 N–H and O–H groups in total. The second-order valence-electron chi connectivity index (χ2n) is 11.4. The number of rotatable bonds is 9. The monoisotopic (exact) mass is 834 g/mol. The molecule has 0 saturated heterocycles. The molecule has 0 radical (unpaired) electrons. The maximum absolute atomic E-state index is 12.3. The molecule has 0 fully saturated rings. The zero-order chi connectivity index (χ0) is 42.1. The van der Waals surface area contributed by atoms with Crippen LogP contribution in [0.3, 0.4) is 0 Å². The summed E-state index contributed by atoms with van der Waals surface area (Å²) in [6.45, 7) is 12.0. The first-order chi connectivity index (χ1) is 24.4. The van der Waals surface area contributed by atoms with E-state index in [4.69, 9.17) is 21.4 Å². The van der Waals surface area contributed by atoms with E-state index in [1.165, 1.54) is 56.2 Å².